The molecule has 2 aromatic carbocycles. The standard InChI is InChI=1S/C17H15NO2/c1-2-20-15-8-9-16-14(12-15)10-11-18(16)17(19)13-6-4-3-5-7-13/h3-12H,2H2,1H3. The number of carbonyl (C=O) groups excluding carboxylic acids is 1. The van der Waals surface area contributed by atoms with Gasteiger partial charge in [0, 0.05) is 17.1 Å². The van der Waals surface area contributed by atoms with Crippen LogP contribution in [0.25, 0.3) is 10.9 Å². The summed E-state index contributed by atoms with van der Waals surface area (Å²) in [7, 11) is 0. The Morgan fingerprint density at radius 3 is 2.65 bits per heavy atom. The van der Waals surface area contributed by atoms with Crippen molar-refractivity contribution in [2.24, 2.45) is 0 Å². The predicted octanol–water partition coefficient (Wildman–Crippen LogP) is 3.73. The molecule has 0 radical (unpaired) electrons. The van der Waals surface area contributed by atoms with Gasteiger partial charge >= 0.3 is 0 Å². The molecule has 100 valence electrons. The summed E-state index contributed by atoms with van der Waals surface area (Å²) >= 11 is 0. The van der Waals surface area contributed by atoms with Crippen molar-refractivity contribution in [1.82, 2.24) is 4.57 Å². The Labute approximate surface area is 117 Å². The van der Waals surface area contributed by atoms with E-state index in [2.05, 4.69) is 0 Å². The van der Waals surface area contributed by atoms with E-state index in [-0.39, 0.29) is 5.91 Å². The fraction of sp³-hybridized carbons (Fsp3) is 0.118. The van der Waals surface area contributed by atoms with Gasteiger partial charge in [-0.25, -0.2) is 0 Å². The van der Waals surface area contributed by atoms with E-state index in [1.807, 2.05) is 61.5 Å². The first kappa shape index (κ1) is 12.5. The van der Waals surface area contributed by atoms with Crippen LogP contribution in [-0.4, -0.2) is 17.1 Å². The number of fused-ring (bicyclic) bond motifs is 1. The highest BCUT2D eigenvalue weighted by Gasteiger charge is 2.11. The number of nitrogens with zero attached hydrogens (tertiary/aromatic N) is 1. The van der Waals surface area contributed by atoms with Crippen molar-refractivity contribution in [3.63, 3.8) is 0 Å². The maximum Gasteiger partial charge on any atom is 0.262 e. The first-order chi connectivity index (χ1) is 9.79. The number of aromatic nitrogens is 1. The van der Waals surface area contributed by atoms with Gasteiger partial charge in [0.25, 0.3) is 5.91 Å². The van der Waals surface area contributed by atoms with Crippen molar-refractivity contribution in [2.75, 3.05) is 6.61 Å². The number of benzene rings is 2. The molecule has 0 aliphatic rings. The molecule has 20 heavy (non-hydrogen) atoms. The number of hydrogen-bond acceptors (Lipinski definition) is 2. The monoisotopic (exact) mass is 265 g/mol. The van der Waals surface area contributed by atoms with E-state index in [4.69, 9.17) is 4.74 Å². The average molecular weight is 265 g/mol. The van der Waals surface area contributed by atoms with E-state index in [1.54, 1.807) is 10.8 Å². The van der Waals surface area contributed by atoms with Crippen LogP contribution >= 0.6 is 0 Å². The smallest absolute Gasteiger partial charge is 0.262 e. The third kappa shape index (κ3) is 2.18. The molecule has 0 spiro atoms. The lowest BCUT2D eigenvalue weighted by Crippen LogP contribution is -2.10. The molecule has 0 unspecified atom stereocenters. The summed E-state index contributed by atoms with van der Waals surface area (Å²) in [6.07, 6.45) is 1.80. The average Bonchev–Trinajstić information content (AvgIpc) is 2.91. The maximum absolute atomic E-state index is 12.5. The van der Waals surface area contributed by atoms with E-state index in [0.29, 0.717) is 12.2 Å². The minimum atomic E-state index is -0.0234. The minimum Gasteiger partial charge on any atom is -0.494 e. The van der Waals surface area contributed by atoms with Crippen LogP contribution < -0.4 is 4.74 Å². The molecule has 0 N–H and O–H groups in total. The van der Waals surface area contributed by atoms with Crippen LogP contribution in [0, 0.1) is 0 Å². The largest absolute Gasteiger partial charge is 0.494 e. The zero-order chi connectivity index (χ0) is 13.9. The molecule has 3 rings (SSSR count). The van der Waals surface area contributed by atoms with Crippen LogP contribution in [0.5, 0.6) is 5.75 Å². The fourth-order valence-corrected chi connectivity index (χ4v) is 2.27. The fourth-order valence-electron chi connectivity index (χ4n) is 2.27. The third-order valence-corrected chi connectivity index (χ3v) is 3.21. The molecule has 0 saturated heterocycles. The highest BCUT2D eigenvalue weighted by molar-refractivity contribution is 6.02. The van der Waals surface area contributed by atoms with Crippen molar-refractivity contribution in [1.29, 1.82) is 0 Å². The number of ether oxygens (including phenoxy) is 1. The molecule has 0 fully saturated rings. The number of rotatable bonds is 3. The summed E-state index contributed by atoms with van der Waals surface area (Å²) in [6, 6.07) is 17.0. The highest BCUT2D eigenvalue weighted by Crippen LogP contribution is 2.22. The van der Waals surface area contributed by atoms with Crippen LogP contribution in [0.15, 0.2) is 60.8 Å². The van der Waals surface area contributed by atoms with Gasteiger partial charge in [-0.15, -0.1) is 0 Å². The van der Waals surface area contributed by atoms with Gasteiger partial charge < -0.3 is 4.74 Å². The van der Waals surface area contributed by atoms with Gasteiger partial charge in [0.2, 0.25) is 0 Å². The van der Waals surface area contributed by atoms with Gasteiger partial charge in [-0.3, -0.25) is 9.36 Å². The van der Waals surface area contributed by atoms with Crippen LogP contribution in [-0.2, 0) is 0 Å². The van der Waals surface area contributed by atoms with Crippen molar-refractivity contribution in [3.8, 4) is 5.75 Å². The zero-order valence-electron chi connectivity index (χ0n) is 11.2. The van der Waals surface area contributed by atoms with Gasteiger partial charge in [0.15, 0.2) is 0 Å². The lowest BCUT2D eigenvalue weighted by atomic mass is 10.2. The Balaban J connectivity index is 2.03. The molecule has 0 bridgehead atoms. The van der Waals surface area contributed by atoms with Gasteiger partial charge in [0.05, 0.1) is 12.1 Å². The molecule has 3 aromatic rings. The Morgan fingerprint density at radius 2 is 1.90 bits per heavy atom. The second-order valence-corrected chi connectivity index (χ2v) is 4.51. The van der Waals surface area contributed by atoms with E-state index in [9.17, 15) is 4.79 Å². The topological polar surface area (TPSA) is 31.2 Å². The molecular weight excluding hydrogens is 250 g/mol. The van der Waals surface area contributed by atoms with Gasteiger partial charge in [0.1, 0.15) is 5.75 Å². The second kappa shape index (κ2) is 5.21. The second-order valence-electron chi connectivity index (χ2n) is 4.51. The SMILES string of the molecule is CCOc1ccc2c(ccn2C(=O)c2ccccc2)c1. The van der Waals surface area contributed by atoms with E-state index >= 15 is 0 Å². The Kier molecular flexibility index (Phi) is 3.25. The van der Waals surface area contributed by atoms with Crippen LogP contribution in [0.1, 0.15) is 17.3 Å². The molecule has 0 amide bonds. The summed E-state index contributed by atoms with van der Waals surface area (Å²) in [5.41, 5.74) is 1.57. The summed E-state index contributed by atoms with van der Waals surface area (Å²) in [4.78, 5) is 12.5. The van der Waals surface area contributed by atoms with Gasteiger partial charge in [-0.1, -0.05) is 18.2 Å². The van der Waals surface area contributed by atoms with Crippen LogP contribution in [0.4, 0.5) is 0 Å². The number of carbonyl (C=O) groups is 1. The van der Waals surface area contributed by atoms with E-state index < -0.39 is 0 Å². The normalized spacial score (nSPS) is 10.7. The summed E-state index contributed by atoms with van der Waals surface area (Å²) < 4.78 is 7.14. The van der Waals surface area contributed by atoms with Crippen molar-refractivity contribution in [2.45, 2.75) is 6.92 Å². The molecule has 1 aromatic heterocycles. The third-order valence-electron chi connectivity index (χ3n) is 3.21. The molecule has 0 aliphatic heterocycles. The summed E-state index contributed by atoms with van der Waals surface area (Å²) in [5.74, 6) is 0.801. The lowest BCUT2D eigenvalue weighted by molar-refractivity contribution is 0.0965. The quantitative estimate of drug-likeness (QED) is 0.722. The van der Waals surface area contributed by atoms with Crippen molar-refractivity contribution < 1.29 is 9.53 Å². The Bertz CT molecular complexity index is 744. The van der Waals surface area contributed by atoms with Crippen LogP contribution in [0.2, 0.25) is 0 Å². The molecule has 0 aliphatic carbocycles. The van der Waals surface area contributed by atoms with Crippen LogP contribution in [0.3, 0.4) is 0 Å². The van der Waals surface area contributed by atoms with E-state index in [1.165, 1.54) is 0 Å². The molecule has 3 nitrogen and oxygen atoms in total. The van der Waals surface area contributed by atoms with E-state index in [0.717, 1.165) is 16.7 Å². The summed E-state index contributed by atoms with van der Waals surface area (Å²) in [6.45, 7) is 2.59. The van der Waals surface area contributed by atoms with Crippen molar-refractivity contribution in [3.05, 3.63) is 66.4 Å². The molecular formula is C17H15NO2. The first-order valence-corrected chi connectivity index (χ1v) is 6.63. The molecule has 1 heterocycles. The number of hydrogen-bond donors (Lipinski definition) is 0. The predicted molar refractivity (Wildman–Crippen MR) is 79.3 cm³/mol. The molecule has 3 heteroatoms. The minimum absolute atomic E-state index is 0.0234. The zero-order valence-corrected chi connectivity index (χ0v) is 11.2. The first-order valence-electron chi connectivity index (χ1n) is 6.63. The lowest BCUT2D eigenvalue weighted by Gasteiger charge is -2.06. The summed E-state index contributed by atoms with van der Waals surface area (Å²) in [5, 5.41) is 1.00. The van der Waals surface area contributed by atoms with Gasteiger partial charge in [-0.2, -0.15) is 0 Å². The van der Waals surface area contributed by atoms with Gasteiger partial charge in [-0.05, 0) is 43.3 Å². The van der Waals surface area contributed by atoms with Crippen molar-refractivity contribution >= 4 is 16.8 Å². The molecule has 0 atom stereocenters. The Hall–Kier alpha value is -2.55. The Morgan fingerprint density at radius 1 is 1.10 bits per heavy atom. The maximum atomic E-state index is 12.5. The molecule has 0 saturated carbocycles. The highest BCUT2D eigenvalue weighted by atomic mass is 16.5.